The Kier molecular flexibility index (Phi) is 4.61. The summed E-state index contributed by atoms with van der Waals surface area (Å²) in [5.41, 5.74) is 8.09. The van der Waals surface area contributed by atoms with E-state index in [1.165, 1.54) is 38.9 Å². The van der Waals surface area contributed by atoms with Gasteiger partial charge in [-0.3, -0.25) is 4.90 Å². The molecule has 29 heavy (non-hydrogen) atoms. The third kappa shape index (κ3) is 3.22. The molecule has 4 aromatic rings. The lowest BCUT2D eigenvalue weighted by Crippen LogP contribution is -2.35. The monoisotopic (exact) mass is 382 g/mol. The Hall–Kier alpha value is -3.04. The highest BCUT2D eigenvalue weighted by atomic mass is 16.5. The van der Waals surface area contributed by atoms with Crippen LogP contribution in [0.15, 0.2) is 72.8 Å². The van der Waals surface area contributed by atoms with Crippen LogP contribution in [0.25, 0.3) is 10.9 Å². The molecule has 0 saturated carbocycles. The summed E-state index contributed by atoms with van der Waals surface area (Å²) in [6.45, 7) is 4.17. The molecule has 0 aliphatic carbocycles. The quantitative estimate of drug-likeness (QED) is 0.495. The maximum Gasteiger partial charge on any atom is 0.118 e. The molecule has 0 fully saturated rings. The van der Waals surface area contributed by atoms with Crippen LogP contribution in [0, 0.1) is 6.92 Å². The molecule has 1 unspecified atom stereocenters. The van der Waals surface area contributed by atoms with Crippen LogP contribution in [0.4, 0.5) is 0 Å². The van der Waals surface area contributed by atoms with E-state index in [1.807, 2.05) is 0 Å². The van der Waals surface area contributed by atoms with Crippen LogP contribution in [0.5, 0.6) is 5.75 Å². The van der Waals surface area contributed by atoms with Gasteiger partial charge in [-0.2, -0.15) is 0 Å². The minimum atomic E-state index is 0.248. The van der Waals surface area contributed by atoms with E-state index in [2.05, 4.69) is 89.6 Å². The van der Waals surface area contributed by atoms with Crippen molar-refractivity contribution in [2.24, 2.45) is 0 Å². The molecule has 1 N–H and O–H groups in total. The first-order valence-corrected chi connectivity index (χ1v) is 10.3. The van der Waals surface area contributed by atoms with Crippen molar-refractivity contribution in [2.75, 3.05) is 13.7 Å². The Morgan fingerprint density at radius 3 is 2.55 bits per heavy atom. The fourth-order valence-electron chi connectivity index (χ4n) is 4.74. The number of para-hydroxylation sites is 1. The molecule has 1 aliphatic heterocycles. The molecule has 1 atom stereocenters. The second-order valence-corrected chi connectivity index (χ2v) is 7.88. The number of nitrogens with zero attached hydrogens (tertiary/aromatic N) is 1. The first-order chi connectivity index (χ1) is 14.2. The van der Waals surface area contributed by atoms with Crippen molar-refractivity contribution in [1.29, 1.82) is 0 Å². The van der Waals surface area contributed by atoms with Crippen molar-refractivity contribution < 1.29 is 4.74 Å². The highest BCUT2D eigenvalue weighted by molar-refractivity contribution is 5.85. The molecule has 0 spiro atoms. The highest BCUT2D eigenvalue weighted by Crippen LogP contribution is 2.40. The van der Waals surface area contributed by atoms with Gasteiger partial charge in [0.05, 0.1) is 13.2 Å². The number of hydrogen-bond donors (Lipinski definition) is 1. The molecule has 2 heterocycles. The van der Waals surface area contributed by atoms with Gasteiger partial charge in [-0.25, -0.2) is 0 Å². The van der Waals surface area contributed by atoms with Crippen LogP contribution in [0.3, 0.4) is 0 Å². The van der Waals surface area contributed by atoms with Crippen LogP contribution in [-0.4, -0.2) is 23.5 Å². The molecule has 5 rings (SSSR count). The molecule has 0 bridgehead atoms. The van der Waals surface area contributed by atoms with E-state index in [-0.39, 0.29) is 6.04 Å². The number of rotatable bonds is 4. The highest BCUT2D eigenvalue weighted by Gasteiger charge is 2.31. The van der Waals surface area contributed by atoms with E-state index in [1.54, 1.807) is 7.11 Å². The zero-order valence-corrected chi connectivity index (χ0v) is 17.0. The summed E-state index contributed by atoms with van der Waals surface area (Å²) in [5, 5.41) is 1.33. The van der Waals surface area contributed by atoms with Crippen LogP contribution >= 0.6 is 0 Å². The topological polar surface area (TPSA) is 28.3 Å². The Labute approximate surface area is 171 Å². The van der Waals surface area contributed by atoms with Crippen molar-refractivity contribution in [3.63, 3.8) is 0 Å². The predicted molar refractivity (Wildman–Crippen MR) is 118 cm³/mol. The number of aromatic nitrogens is 1. The molecular formula is C26H26N2O. The predicted octanol–water partition coefficient (Wildman–Crippen LogP) is 5.63. The van der Waals surface area contributed by atoms with Gasteiger partial charge >= 0.3 is 0 Å². The van der Waals surface area contributed by atoms with Gasteiger partial charge in [-0.05, 0) is 48.2 Å². The molecule has 3 nitrogen and oxygen atoms in total. The summed E-state index contributed by atoms with van der Waals surface area (Å²) in [6.07, 6.45) is 1.09. The van der Waals surface area contributed by atoms with Crippen molar-refractivity contribution in [1.82, 2.24) is 9.88 Å². The molecule has 0 amide bonds. The zero-order valence-electron chi connectivity index (χ0n) is 17.0. The van der Waals surface area contributed by atoms with Crippen molar-refractivity contribution >= 4 is 10.9 Å². The summed E-state index contributed by atoms with van der Waals surface area (Å²) >= 11 is 0. The smallest absolute Gasteiger partial charge is 0.118 e. The molecule has 0 radical (unpaired) electrons. The van der Waals surface area contributed by atoms with Crippen molar-refractivity contribution in [2.45, 2.75) is 25.9 Å². The van der Waals surface area contributed by atoms with E-state index in [0.29, 0.717) is 0 Å². The Morgan fingerprint density at radius 2 is 1.72 bits per heavy atom. The van der Waals surface area contributed by atoms with Gasteiger partial charge in [-0.1, -0.05) is 54.6 Å². The normalized spacial score (nSPS) is 16.7. The van der Waals surface area contributed by atoms with Gasteiger partial charge in [-0.15, -0.1) is 0 Å². The lowest BCUT2D eigenvalue weighted by atomic mass is 9.86. The molecule has 1 aromatic heterocycles. The van der Waals surface area contributed by atoms with Crippen LogP contribution in [0.1, 0.15) is 34.0 Å². The summed E-state index contributed by atoms with van der Waals surface area (Å²) in [5.74, 6) is 0.904. The fourth-order valence-corrected chi connectivity index (χ4v) is 4.74. The fraction of sp³-hybridized carbons (Fsp3) is 0.231. The number of H-pyrrole nitrogens is 1. The lowest BCUT2D eigenvalue weighted by molar-refractivity contribution is 0.205. The number of methoxy groups -OCH3 is 1. The average Bonchev–Trinajstić information content (AvgIpc) is 3.09. The van der Waals surface area contributed by atoms with Gasteiger partial charge in [0.15, 0.2) is 0 Å². The number of fused-ring (bicyclic) bond motifs is 2. The van der Waals surface area contributed by atoms with E-state index in [0.717, 1.165) is 25.3 Å². The molecule has 0 saturated heterocycles. The van der Waals surface area contributed by atoms with Crippen LogP contribution < -0.4 is 4.74 Å². The number of aryl methyl sites for hydroxylation is 1. The van der Waals surface area contributed by atoms with Gasteiger partial charge in [0.2, 0.25) is 0 Å². The first kappa shape index (κ1) is 18.0. The molecule has 3 heteroatoms. The third-order valence-corrected chi connectivity index (χ3v) is 6.14. The zero-order chi connectivity index (χ0) is 19.8. The van der Waals surface area contributed by atoms with Crippen molar-refractivity contribution in [3.05, 3.63) is 101 Å². The van der Waals surface area contributed by atoms with Crippen LogP contribution in [-0.2, 0) is 13.0 Å². The number of aromatic amines is 1. The minimum absolute atomic E-state index is 0.248. The van der Waals surface area contributed by atoms with Crippen molar-refractivity contribution in [3.8, 4) is 5.75 Å². The molecule has 146 valence electrons. The maximum absolute atomic E-state index is 5.33. The second kappa shape index (κ2) is 7.41. The van der Waals surface area contributed by atoms with Gasteiger partial charge in [0, 0.05) is 35.2 Å². The van der Waals surface area contributed by atoms with Gasteiger partial charge in [0.25, 0.3) is 0 Å². The average molecular weight is 383 g/mol. The molecule has 3 aromatic carbocycles. The van der Waals surface area contributed by atoms with E-state index in [9.17, 15) is 0 Å². The summed E-state index contributed by atoms with van der Waals surface area (Å²) in [6, 6.07) is 26.3. The standard InChI is InChI=1S/C26H26N2O/c1-18-25(23-9-5-6-10-24(23)27-18)26-22-8-4-3-7-20(22)15-16-28(26)17-19-11-13-21(29-2)14-12-19/h3-14,26-27H,15-17H2,1-2H3. The Bertz CT molecular complexity index is 1140. The van der Waals surface area contributed by atoms with Gasteiger partial charge < -0.3 is 9.72 Å². The second-order valence-electron chi connectivity index (χ2n) is 7.88. The number of ether oxygens (including phenoxy) is 1. The van der Waals surface area contributed by atoms with E-state index < -0.39 is 0 Å². The van der Waals surface area contributed by atoms with Crippen LogP contribution in [0.2, 0.25) is 0 Å². The minimum Gasteiger partial charge on any atom is -0.497 e. The number of hydrogen-bond acceptors (Lipinski definition) is 2. The summed E-state index contributed by atoms with van der Waals surface area (Å²) in [4.78, 5) is 6.23. The van der Waals surface area contributed by atoms with Gasteiger partial charge in [0.1, 0.15) is 5.75 Å². The SMILES string of the molecule is COc1ccc(CN2CCc3ccccc3C2c2c(C)[nH]c3ccccc23)cc1. The van der Waals surface area contributed by atoms with E-state index in [4.69, 9.17) is 4.74 Å². The molecule has 1 aliphatic rings. The Balaban J connectivity index is 1.61. The largest absolute Gasteiger partial charge is 0.497 e. The van der Waals surface area contributed by atoms with E-state index >= 15 is 0 Å². The Morgan fingerprint density at radius 1 is 0.966 bits per heavy atom. The molecular weight excluding hydrogens is 356 g/mol. The third-order valence-electron chi connectivity index (χ3n) is 6.14. The summed E-state index contributed by atoms with van der Waals surface area (Å²) < 4.78 is 5.33. The number of nitrogens with one attached hydrogen (secondary N) is 1. The number of benzene rings is 3. The summed E-state index contributed by atoms with van der Waals surface area (Å²) in [7, 11) is 1.71. The lowest BCUT2D eigenvalue weighted by Gasteiger charge is -2.38. The first-order valence-electron chi connectivity index (χ1n) is 10.3. The maximum atomic E-state index is 5.33.